The van der Waals surface area contributed by atoms with Gasteiger partial charge in [0, 0.05) is 12.6 Å². The van der Waals surface area contributed by atoms with Crippen molar-refractivity contribution in [2.45, 2.75) is 13.0 Å². The number of nitrogens with zero attached hydrogens (tertiary/aromatic N) is 2. The van der Waals surface area contributed by atoms with E-state index in [0.717, 1.165) is 0 Å². The smallest absolute Gasteiger partial charge is 0.323 e. The number of hydrogen-bond donors (Lipinski definition) is 2. The molecular formula is C9H14N2O5. The molecule has 1 fully saturated rings. The van der Waals surface area contributed by atoms with E-state index >= 15 is 0 Å². The lowest BCUT2D eigenvalue weighted by Gasteiger charge is -2.37. The molecule has 1 rings (SSSR count). The van der Waals surface area contributed by atoms with Gasteiger partial charge in [-0.2, -0.15) is 0 Å². The van der Waals surface area contributed by atoms with Crippen LogP contribution in [-0.2, 0) is 14.4 Å². The van der Waals surface area contributed by atoms with Crippen LogP contribution in [0, 0.1) is 0 Å². The summed E-state index contributed by atoms with van der Waals surface area (Å²) in [5.41, 5.74) is 0. The first-order chi connectivity index (χ1) is 7.40. The molecule has 1 aliphatic rings. The topological polar surface area (TPSA) is 98.2 Å². The highest BCUT2D eigenvalue weighted by Crippen LogP contribution is 2.09. The fourth-order valence-electron chi connectivity index (χ4n) is 1.67. The number of hydrogen-bond acceptors (Lipinski definition) is 4. The van der Waals surface area contributed by atoms with Gasteiger partial charge in [0.25, 0.3) is 0 Å². The monoisotopic (exact) mass is 230 g/mol. The lowest BCUT2D eigenvalue weighted by molar-refractivity contribution is -0.150. The van der Waals surface area contributed by atoms with E-state index < -0.39 is 11.9 Å². The summed E-state index contributed by atoms with van der Waals surface area (Å²) in [5, 5.41) is 17.2. The number of aliphatic carboxylic acids is 2. The van der Waals surface area contributed by atoms with E-state index in [4.69, 9.17) is 10.2 Å². The fraction of sp³-hybridized carbons (Fsp3) is 0.667. The van der Waals surface area contributed by atoms with E-state index in [9.17, 15) is 14.4 Å². The Kier molecular flexibility index (Phi) is 3.83. The Labute approximate surface area is 92.2 Å². The zero-order chi connectivity index (χ0) is 12.3. The second-order valence-corrected chi connectivity index (χ2v) is 3.82. The van der Waals surface area contributed by atoms with Gasteiger partial charge in [-0.05, 0) is 6.92 Å². The standard InChI is InChI=1S/C9H14N2O5/c1-6-2-11(5-9(15)16)7(12)3-10(6)4-8(13)14/h6H,2-5H2,1H3,(H,13,14)(H,15,16). The van der Waals surface area contributed by atoms with Gasteiger partial charge < -0.3 is 15.1 Å². The number of carbonyl (C=O) groups excluding carboxylic acids is 1. The minimum absolute atomic E-state index is 0.0409. The quantitative estimate of drug-likeness (QED) is 0.622. The van der Waals surface area contributed by atoms with Gasteiger partial charge in [-0.15, -0.1) is 0 Å². The van der Waals surface area contributed by atoms with E-state index in [0.29, 0.717) is 0 Å². The molecule has 16 heavy (non-hydrogen) atoms. The molecule has 1 amide bonds. The van der Waals surface area contributed by atoms with Crippen LogP contribution in [-0.4, -0.2) is 70.1 Å². The van der Waals surface area contributed by atoms with Crippen LogP contribution in [0.25, 0.3) is 0 Å². The van der Waals surface area contributed by atoms with Gasteiger partial charge in [-0.1, -0.05) is 0 Å². The first kappa shape index (κ1) is 12.4. The van der Waals surface area contributed by atoms with Gasteiger partial charge in [0.2, 0.25) is 5.91 Å². The van der Waals surface area contributed by atoms with Crippen LogP contribution >= 0.6 is 0 Å². The van der Waals surface area contributed by atoms with Crippen molar-refractivity contribution in [1.29, 1.82) is 0 Å². The summed E-state index contributed by atoms with van der Waals surface area (Å²) in [6.07, 6.45) is 0. The van der Waals surface area contributed by atoms with E-state index in [1.807, 2.05) is 0 Å². The minimum Gasteiger partial charge on any atom is -0.480 e. The molecule has 0 saturated carbocycles. The second kappa shape index (κ2) is 4.93. The average Bonchev–Trinajstić information content (AvgIpc) is 2.11. The van der Waals surface area contributed by atoms with Gasteiger partial charge in [-0.25, -0.2) is 0 Å². The molecule has 7 nitrogen and oxygen atoms in total. The van der Waals surface area contributed by atoms with Crippen molar-refractivity contribution in [3.05, 3.63) is 0 Å². The summed E-state index contributed by atoms with van der Waals surface area (Å²) in [6, 6.07) is -0.145. The fourth-order valence-corrected chi connectivity index (χ4v) is 1.67. The van der Waals surface area contributed by atoms with Gasteiger partial charge in [0.05, 0.1) is 13.1 Å². The van der Waals surface area contributed by atoms with Crippen LogP contribution in [0.1, 0.15) is 6.92 Å². The maximum atomic E-state index is 11.5. The predicted octanol–water partition coefficient (Wildman–Crippen LogP) is -1.31. The molecule has 0 aromatic rings. The largest absolute Gasteiger partial charge is 0.480 e. The number of piperazine rings is 1. The molecule has 1 aliphatic heterocycles. The highest BCUT2D eigenvalue weighted by atomic mass is 16.4. The Morgan fingerprint density at radius 3 is 2.38 bits per heavy atom. The molecule has 2 N–H and O–H groups in total. The highest BCUT2D eigenvalue weighted by Gasteiger charge is 2.31. The Morgan fingerprint density at radius 1 is 1.31 bits per heavy atom. The maximum absolute atomic E-state index is 11.5. The lowest BCUT2D eigenvalue weighted by Crippen LogP contribution is -2.57. The van der Waals surface area contributed by atoms with Crippen molar-refractivity contribution < 1.29 is 24.6 Å². The summed E-state index contributed by atoms with van der Waals surface area (Å²) in [5.74, 6) is -2.40. The van der Waals surface area contributed by atoms with Crippen molar-refractivity contribution in [3.8, 4) is 0 Å². The summed E-state index contributed by atoms with van der Waals surface area (Å²) in [7, 11) is 0. The van der Waals surface area contributed by atoms with Crippen LogP contribution < -0.4 is 0 Å². The molecule has 1 unspecified atom stereocenters. The van der Waals surface area contributed by atoms with Gasteiger partial charge in [0.1, 0.15) is 6.54 Å². The van der Waals surface area contributed by atoms with Crippen molar-refractivity contribution >= 4 is 17.8 Å². The molecule has 1 saturated heterocycles. The molecule has 0 spiro atoms. The number of rotatable bonds is 4. The number of amides is 1. The minimum atomic E-state index is -1.06. The molecule has 0 bridgehead atoms. The molecule has 1 atom stereocenters. The van der Waals surface area contributed by atoms with E-state index in [-0.39, 0.29) is 38.1 Å². The molecule has 0 radical (unpaired) electrons. The average molecular weight is 230 g/mol. The SMILES string of the molecule is CC1CN(CC(=O)O)C(=O)CN1CC(=O)O. The molecule has 0 aromatic heterocycles. The Morgan fingerprint density at radius 2 is 1.88 bits per heavy atom. The highest BCUT2D eigenvalue weighted by molar-refractivity contribution is 5.84. The first-order valence-electron chi connectivity index (χ1n) is 4.85. The van der Waals surface area contributed by atoms with Crippen LogP contribution in [0.5, 0.6) is 0 Å². The zero-order valence-electron chi connectivity index (χ0n) is 8.92. The molecule has 0 aromatic carbocycles. The van der Waals surface area contributed by atoms with Crippen molar-refractivity contribution in [3.63, 3.8) is 0 Å². The van der Waals surface area contributed by atoms with Crippen LogP contribution in [0.4, 0.5) is 0 Å². The van der Waals surface area contributed by atoms with Gasteiger partial charge in [0.15, 0.2) is 0 Å². The van der Waals surface area contributed by atoms with Crippen molar-refractivity contribution in [1.82, 2.24) is 9.80 Å². The first-order valence-corrected chi connectivity index (χ1v) is 4.85. The third-order valence-corrected chi connectivity index (χ3v) is 2.46. The molecule has 90 valence electrons. The lowest BCUT2D eigenvalue weighted by atomic mass is 10.2. The Hall–Kier alpha value is -1.63. The Bertz CT molecular complexity index is 317. The zero-order valence-corrected chi connectivity index (χ0v) is 8.92. The van der Waals surface area contributed by atoms with Crippen molar-refractivity contribution in [2.24, 2.45) is 0 Å². The van der Waals surface area contributed by atoms with Crippen LogP contribution in [0.3, 0.4) is 0 Å². The van der Waals surface area contributed by atoms with Crippen LogP contribution in [0.2, 0.25) is 0 Å². The summed E-state index contributed by atoms with van der Waals surface area (Å²) in [4.78, 5) is 35.2. The third kappa shape index (κ3) is 3.20. The summed E-state index contributed by atoms with van der Waals surface area (Å²) < 4.78 is 0. The molecule has 1 heterocycles. The maximum Gasteiger partial charge on any atom is 0.323 e. The van der Waals surface area contributed by atoms with Crippen molar-refractivity contribution in [2.75, 3.05) is 26.2 Å². The molecular weight excluding hydrogens is 216 g/mol. The van der Waals surface area contributed by atoms with Gasteiger partial charge >= 0.3 is 11.9 Å². The van der Waals surface area contributed by atoms with Crippen LogP contribution in [0.15, 0.2) is 0 Å². The predicted molar refractivity (Wildman–Crippen MR) is 52.9 cm³/mol. The van der Waals surface area contributed by atoms with E-state index in [1.54, 1.807) is 6.92 Å². The number of carboxylic acid groups (broad SMARTS) is 2. The van der Waals surface area contributed by atoms with E-state index in [1.165, 1.54) is 9.80 Å². The Balaban J connectivity index is 2.59. The number of carboxylic acids is 2. The second-order valence-electron chi connectivity index (χ2n) is 3.82. The molecule has 7 heteroatoms. The normalized spacial score (nSPS) is 22.2. The van der Waals surface area contributed by atoms with E-state index in [2.05, 4.69) is 0 Å². The summed E-state index contributed by atoms with van der Waals surface area (Å²) in [6.45, 7) is 1.45. The summed E-state index contributed by atoms with van der Waals surface area (Å²) >= 11 is 0. The number of carbonyl (C=O) groups is 3. The molecule has 0 aliphatic carbocycles. The van der Waals surface area contributed by atoms with Gasteiger partial charge in [-0.3, -0.25) is 19.3 Å². The third-order valence-electron chi connectivity index (χ3n) is 2.46.